The van der Waals surface area contributed by atoms with Gasteiger partial charge in [0, 0.05) is 0 Å². The number of carbonyl (C=O) groups is 2. The summed E-state index contributed by atoms with van der Waals surface area (Å²) in [6, 6.07) is 46.9. The standard InChI is InChI=1S/C42H41NO7/c44-41(49-30-35-22-12-4-13-23-35)38-40(48-29-34-20-10-3-11-21-34)39(47-28-33-18-8-2-9-19-33)37(46-27-32-16-6-1-7-17-32)26-43(38)42(45)50-31-36-24-14-5-15-25-36/h1-25,37-40H,26-31H2/t37-,38-,39+,40+/m0/s1. The van der Waals surface area contributed by atoms with Crippen LogP contribution in [0.2, 0.25) is 0 Å². The van der Waals surface area contributed by atoms with Crippen LogP contribution < -0.4 is 0 Å². The maximum Gasteiger partial charge on any atom is 0.411 e. The Morgan fingerprint density at radius 2 is 0.820 bits per heavy atom. The van der Waals surface area contributed by atoms with E-state index in [1.165, 1.54) is 4.90 Å². The molecule has 1 fully saturated rings. The van der Waals surface area contributed by atoms with Gasteiger partial charge in [-0.25, -0.2) is 9.59 Å². The Balaban J connectivity index is 1.34. The number of ether oxygens (including phenoxy) is 5. The van der Waals surface area contributed by atoms with E-state index in [4.69, 9.17) is 23.7 Å². The van der Waals surface area contributed by atoms with Crippen LogP contribution >= 0.6 is 0 Å². The van der Waals surface area contributed by atoms with Crippen molar-refractivity contribution in [3.05, 3.63) is 179 Å². The first kappa shape index (κ1) is 34.6. The molecule has 0 aromatic heterocycles. The van der Waals surface area contributed by atoms with E-state index in [1.807, 2.05) is 152 Å². The lowest BCUT2D eigenvalue weighted by Gasteiger charge is -2.46. The van der Waals surface area contributed by atoms with Gasteiger partial charge in [-0.3, -0.25) is 4.90 Å². The quantitative estimate of drug-likeness (QED) is 0.113. The molecule has 1 amide bonds. The smallest absolute Gasteiger partial charge is 0.411 e. The van der Waals surface area contributed by atoms with Crippen molar-refractivity contribution in [1.29, 1.82) is 0 Å². The molecular weight excluding hydrogens is 630 g/mol. The summed E-state index contributed by atoms with van der Waals surface area (Å²) in [6.07, 6.45) is -3.09. The van der Waals surface area contributed by atoms with Crippen LogP contribution in [0.15, 0.2) is 152 Å². The largest absolute Gasteiger partial charge is 0.459 e. The Kier molecular flexibility index (Phi) is 12.4. The number of carbonyl (C=O) groups excluding carboxylic acids is 2. The molecule has 0 saturated carbocycles. The molecule has 1 saturated heterocycles. The molecule has 256 valence electrons. The summed E-state index contributed by atoms with van der Waals surface area (Å²) in [5.41, 5.74) is 4.44. The lowest BCUT2D eigenvalue weighted by molar-refractivity contribution is -0.208. The van der Waals surface area contributed by atoms with Crippen molar-refractivity contribution in [2.45, 2.75) is 57.4 Å². The number of likely N-dealkylation sites (tertiary alicyclic amines) is 1. The van der Waals surface area contributed by atoms with E-state index < -0.39 is 36.4 Å². The van der Waals surface area contributed by atoms with E-state index in [1.54, 1.807) is 0 Å². The Morgan fingerprint density at radius 3 is 1.26 bits per heavy atom. The van der Waals surface area contributed by atoms with Gasteiger partial charge in [0.05, 0.1) is 26.4 Å². The van der Waals surface area contributed by atoms with Gasteiger partial charge < -0.3 is 23.7 Å². The molecule has 1 aliphatic heterocycles. The summed E-state index contributed by atoms with van der Waals surface area (Å²) in [4.78, 5) is 29.6. The zero-order valence-corrected chi connectivity index (χ0v) is 27.8. The van der Waals surface area contributed by atoms with Crippen LogP contribution in [0.3, 0.4) is 0 Å². The molecule has 0 radical (unpaired) electrons. The molecule has 1 heterocycles. The summed E-state index contributed by atoms with van der Waals surface area (Å²) in [6.45, 7) is 0.733. The van der Waals surface area contributed by atoms with E-state index in [2.05, 4.69) is 0 Å². The van der Waals surface area contributed by atoms with Crippen LogP contribution in [0.4, 0.5) is 4.79 Å². The van der Waals surface area contributed by atoms with Gasteiger partial charge >= 0.3 is 12.1 Å². The molecular formula is C42H41NO7. The molecule has 5 aromatic rings. The van der Waals surface area contributed by atoms with Crippen LogP contribution in [-0.2, 0) is 61.5 Å². The maximum absolute atomic E-state index is 14.2. The number of piperidine rings is 1. The van der Waals surface area contributed by atoms with Crippen molar-refractivity contribution in [2.75, 3.05) is 6.54 Å². The number of amides is 1. The second-order valence-electron chi connectivity index (χ2n) is 12.1. The van der Waals surface area contributed by atoms with Crippen molar-refractivity contribution in [3.63, 3.8) is 0 Å². The third-order valence-electron chi connectivity index (χ3n) is 8.50. The molecule has 6 rings (SSSR count). The second kappa shape index (κ2) is 17.9. The normalized spacial score (nSPS) is 18.7. The fourth-order valence-electron chi connectivity index (χ4n) is 5.89. The Hall–Kier alpha value is -5.28. The van der Waals surface area contributed by atoms with E-state index in [0.717, 1.165) is 27.8 Å². The topological polar surface area (TPSA) is 83.5 Å². The highest BCUT2D eigenvalue weighted by Crippen LogP contribution is 2.30. The summed E-state index contributed by atoms with van der Waals surface area (Å²) >= 11 is 0. The number of nitrogens with zero attached hydrogens (tertiary/aromatic N) is 1. The highest BCUT2D eigenvalue weighted by Gasteiger charge is 2.52. The molecule has 50 heavy (non-hydrogen) atoms. The van der Waals surface area contributed by atoms with E-state index in [-0.39, 0.29) is 39.6 Å². The summed E-state index contributed by atoms with van der Waals surface area (Å²) in [5.74, 6) is -0.626. The highest BCUT2D eigenvalue weighted by molar-refractivity contribution is 5.82. The lowest BCUT2D eigenvalue weighted by Crippen LogP contribution is -2.67. The molecule has 0 N–H and O–H groups in total. The molecule has 4 atom stereocenters. The molecule has 8 nitrogen and oxygen atoms in total. The van der Waals surface area contributed by atoms with E-state index in [0.29, 0.717) is 0 Å². The number of esters is 1. The minimum absolute atomic E-state index is 0.0101. The van der Waals surface area contributed by atoms with Crippen molar-refractivity contribution in [1.82, 2.24) is 4.90 Å². The molecule has 1 aliphatic rings. The first-order valence-corrected chi connectivity index (χ1v) is 16.8. The van der Waals surface area contributed by atoms with E-state index in [9.17, 15) is 9.59 Å². The summed E-state index contributed by atoms with van der Waals surface area (Å²) in [7, 11) is 0. The van der Waals surface area contributed by atoms with E-state index >= 15 is 0 Å². The van der Waals surface area contributed by atoms with Gasteiger partial charge in [-0.05, 0) is 27.8 Å². The van der Waals surface area contributed by atoms with Crippen molar-refractivity contribution >= 4 is 12.1 Å². The second-order valence-corrected chi connectivity index (χ2v) is 12.1. The lowest BCUT2D eigenvalue weighted by atomic mass is 9.93. The zero-order valence-electron chi connectivity index (χ0n) is 27.8. The van der Waals surface area contributed by atoms with Gasteiger partial charge in [0.15, 0.2) is 6.04 Å². The van der Waals surface area contributed by atoms with Crippen LogP contribution in [0.5, 0.6) is 0 Å². The molecule has 0 spiro atoms. The van der Waals surface area contributed by atoms with Crippen LogP contribution in [0.1, 0.15) is 27.8 Å². The first-order valence-electron chi connectivity index (χ1n) is 16.8. The third kappa shape index (κ3) is 9.66. The first-order chi connectivity index (χ1) is 24.6. The SMILES string of the molecule is O=C(OCc1ccccc1)[C@@H]1[C@@H](OCc2ccccc2)[C@H](OCc2ccccc2)[C@@H](OCc2ccccc2)CN1C(=O)OCc1ccccc1. The Bertz CT molecular complexity index is 1740. The highest BCUT2D eigenvalue weighted by atomic mass is 16.6. The van der Waals surface area contributed by atoms with Gasteiger partial charge in [-0.1, -0.05) is 152 Å². The monoisotopic (exact) mass is 671 g/mol. The van der Waals surface area contributed by atoms with Crippen molar-refractivity contribution < 1.29 is 33.3 Å². The fourth-order valence-corrected chi connectivity index (χ4v) is 5.89. The number of rotatable bonds is 14. The van der Waals surface area contributed by atoms with Crippen LogP contribution in [0.25, 0.3) is 0 Å². The Morgan fingerprint density at radius 1 is 0.460 bits per heavy atom. The number of benzene rings is 5. The predicted octanol–water partition coefficient (Wildman–Crippen LogP) is 7.51. The molecule has 0 unspecified atom stereocenters. The van der Waals surface area contributed by atoms with Gasteiger partial charge in [0.1, 0.15) is 31.5 Å². The van der Waals surface area contributed by atoms with Crippen molar-refractivity contribution in [2.24, 2.45) is 0 Å². The number of hydrogen-bond donors (Lipinski definition) is 0. The number of hydrogen-bond acceptors (Lipinski definition) is 7. The molecule has 5 aromatic carbocycles. The zero-order chi connectivity index (χ0) is 34.4. The average Bonchev–Trinajstić information content (AvgIpc) is 3.18. The molecule has 8 heteroatoms. The fraction of sp³-hybridized carbons (Fsp3) is 0.238. The predicted molar refractivity (Wildman–Crippen MR) is 188 cm³/mol. The minimum Gasteiger partial charge on any atom is -0.459 e. The summed E-state index contributed by atoms with van der Waals surface area (Å²) < 4.78 is 31.5. The molecule has 0 aliphatic carbocycles. The third-order valence-corrected chi connectivity index (χ3v) is 8.50. The Labute approximate surface area is 293 Å². The minimum atomic E-state index is -1.19. The van der Waals surface area contributed by atoms with Crippen LogP contribution in [-0.4, -0.2) is 47.9 Å². The van der Waals surface area contributed by atoms with Gasteiger partial charge in [0.2, 0.25) is 0 Å². The summed E-state index contributed by atoms with van der Waals surface area (Å²) in [5, 5.41) is 0. The van der Waals surface area contributed by atoms with Gasteiger partial charge in [-0.2, -0.15) is 0 Å². The molecule has 0 bridgehead atoms. The maximum atomic E-state index is 14.2. The average molecular weight is 672 g/mol. The van der Waals surface area contributed by atoms with Crippen molar-refractivity contribution in [3.8, 4) is 0 Å². The van der Waals surface area contributed by atoms with Gasteiger partial charge in [-0.15, -0.1) is 0 Å². The van der Waals surface area contributed by atoms with Crippen LogP contribution in [0, 0.1) is 0 Å². The van der Waals surface area contributed by atoms with Gasteiger partial charge in [0.25, 0.3) is 0 Å².